The lowest BCUT2D eigenvalue weighted by atomic mass is 10.0. The molecule has 0 aliphatic carbocycles. The summed E-state index contributed by atoms with van der Waals surface area (Å²) in [6.07, 6.45) is 1.49. The van der Waals surface area contributed by atoms with Crippen LogP contribution in [0.4, 0.5) is 4.79 Å². The molecule has 8 heteroatoms. The molecule has 0 bridgehead atoms. The second-order valence-electron chi connectivity index (χ2n) is 8.48. The molecule has 0 aliphatic heterocycles. The number of H-pyrrole nitrogens is 1. The summed E-state index contributed by atoms with van der Waals surface area (Å²) in [5.74, 6) is -1.20. The van der Waals surface area contributed by atoms with Gasteiger partial charge in [-0.1, -0.05) is 78.9 Å². The lowest BCUT2D eigenvalue weighted by Crippen LogP contribution is -2.54. The molecule has 0 radical (unpaired) electrons. The average molecular weight is 485 g/mol. The minimum Gasteiger partial charge on any atom is -0.445 e. The van der Waals surface area contributed by atoms with E-state index in [4.69, 9.17) is 10.5 Å². The maximum Gasteiger partial charge on any atom is 0.408 e. The SMILES string of the molecule is NC(=O)[C@H](Cc1c[nH]c2ccccc12)NC(=O)[C@@H](Cc1ccccc1)NC(=O)OCc1ccccc1. The van der Waals surface area contributed by atoms with Crippen LogP contribution in [-0.4, -0.2) is 35.0 Å². The normalized spacial score (nSPS) is 12.4. The summed E-state index contributed by atoms with van der Waals surface area (Å²) in [4.78, 5) is 41.2. The maximum absolute atomic E-state index is 13.3. The number of amides is 3. The summed E-state index contributed by atoms with van der Waals surface area (Å²) in [5.41, 5.74) is 9.07. The van der Waals surface area contributed by atoms with E-state index in [1.807, 2.05) is 84.9 Å². The van der Waals surface area contributed by atoms with Crippen molar-refractivity contribution in [3.05, 3.63) is 108 Å². The lowest BCUT2D eigenvalue weighted by Gasteiger charge is -2.22. The molecule has 0 unspecified atom stereocenters. The van der Waals surface area contributed by atoms with Crippen LogP contribution in [-0.2, 0) is 33.8 Å². The predicted molar refractivity (Wildman–Crippen MR) is 137 cm³/mol. The first-order chi connectivity index (χ1) is 17.5. The molecule has 8 nitrogen and oxygen atoms in total. The molecule has 1 heterocycles. The summed E-state index contributed by atoms with van der Waals surface area (Å²) in [6, 6.07) is 24.3. The zero-order valence-electron chi connectivity index (χ0n) is 19.6. The number of fused-ring (bicyclic) bond motifs is 1. The largest absolute Gasteiger partial charge is 0.445 e. The van der Waals surface area contributed by atoms with E-state index in [2.05, 4.69) is 15.6 Å². The molecular weight excluding hydrogens is 456 g/mol. The third-order valence-electron chi connectivity index (χ3n) is 5.86. The van der Waals surface area contributed by atoms with Crippen LogP contribution in [0.2, 0.25) is 0 Å². The van der Waals surface area contributed by atoms with Gasteiger partial charge < -0.3 is 26.1 Å². The van der Waals surface area contributed by atoms with Crippen LogP contribution < -0.4 is 16.4 Å². The number of hydrogen-bond acceptors (Lipinski definition) is 4. The van der Waals surface area contributed by atoms with E-state index in [1.54, 1.807) is 6.20 Å². The highest BCUT2D eigenvalue weighted by Crippen LogP contribution is 2.19. The van der Waals surface area contributed by atoms with Gasteiger partial charge in [0, 0.05) is 29.9 Å². The molecule has 0 fully saturated rings. The van der Waals surface area contributed by atoms with Gasteiger partial charge in [-0.2, -0.15) is 0 Å². The number of ether oxygens (including phenoxy) is 1. The Hall–Kier alpha value is -4.59. The highest BCUT2D eigenvalue weighted by Gasteiger charge is 2.27. The van der Waals surface area contributed by atoms with Gasteiger partial charge >= 0.3 is 6.09 Å². The van der Waals surface area contributed by atoms with Crippen LogP contribution in [0.3, 0.4) is 0 Å². The Balaban J connectivity index is 1.46. The molecule has 184 valence electrons. The predicted octanol–water partition coefficient (Wildman–Crippen LogP) is 3.22. The van der Waals surface area contributed by atoms with Crippen LogP contribution in [0.25, 0.3) is 10.9 Å². The first-order valence-electron chi connectivity index (χ1n) is 11.7. The first kappa shape index (κ1) is 24.5. The first-order valence-corrected chi connectivity index (χ1v) is 11.7. The fourth-order valence-electron chi connectivity index (χ4n) is 3.98. The highest BCUT2D eigenvalue weighted by atomic mass is 16.5. The van der Waals surface area contributed by atoms with Gasteiger partial charge in [0.1, 0.15) is 18.7 Å². The number of alkyl carbamates (subject to hydrolysis) is 1. The van der Waals surface area contributed by atoms with E-state index >= 15 is 0 Å². The number of aromatic nitrogens is 1. The topological polar surface area (TPSA) is 126 Å². The van der Waals surface area contributed by atoms with Crippen LogP contribution in [0.1, 0.15) is 16.7 Å². The second-order valence-corrected chi connectivity index (χ2v) is 8.48. The number of carbonyl (C=O) groups is 3. The molecule has 5 N–H and O–H groups in total. The highest BCUT2D eigenvalue weighted by molar-refractivity contribution is 5.92. The van der Waals surface area contributed by atoms with E-state index in [0.717, 1.165) is 27.6 Å². The molecule has 1 aromatic heterocycles. The van der Waals surface area contributed by atoms with Crippen molar-refractivity contribution in [3.8, 4) is 0 Å². The lowest BCUT2D eigenvalue weighted by molar-refractivity contribution is -0.128. The molecule has 0 saturated heterocycles. The van der Waals surface area contributed by atoms with Crippen molar-refractivity contribution in [1.82, 2.24) is 15.6 Å². The minimum absolute atomic E-state index is 0.0663. The van der Waals surface area contributed by atoms with E-state index in [-0.39, 0.29) is 19.4 Å². The molecule has 4 rings (SSSR count). The number of rotatable bonds is 10. The van der Waals surface area contributed by atoms with Gasteiger partial charge in [-0.25, -0.2) is 4.79 Å². The van der Waals surface area contributed by atoms with Crippen molar-refractivity contribution in [1.29, 1.82) is 0 Å². The molecule has 0 saturated carbocycles. The molecule has 3 amide bonds. The number of benzene rings is 3. The Morgan fingerprint density at radius 3 is 2.11 bits per heavy atom. The Labute approximate surface area is 208 Å². The van der Waals surface area contributed by atoms with Crippen molar-refractivity contribution in [2.45, 2.75) is 31.5 Å². The summed E-state index contributed by atoms with van der Waals surface area (Å²) >= 11 is 0. The third kappa shape index (κ3) is 6.50. The third-order valence-corrected chi connectivity index (χ3v) is 5.86. The molecule has 3 aromatic carbocycles. The monoisotopic (exact) mass is 484 g/mol. The zero-order valence-corrected chi connectivity index (χ0v) is 19.6. The van der Waals surface area contributed by atoms with Crippen LogP contribution >= 0.6 is 0 Å². The van der Waals surface area contributed by atoms with Gasteiger partial charge in [-0.3, -0.25) is 9.59 Å². The van der Waals surface area contributed by atoms with Gasteiger partial charge in [0.25, 0.3) is 0 Å². The number of carbonyl (C=O) groups excluding carboxylic acids is 3. The van der Waals surface area contributed by atoms with E-state index < -0.39 is 30.0 Å². The number of nitrogens with two attached hydrogens (primary N) is 1. The Bertz CT molecular complexity index is 1320. The second kappa shape index (κ2) is 11.7. The number of nitrogens with one attached hydrogen (secondary N) is 3. The van der Waals surface area contributed by atoms with Gasteiger partial charge in [-0.05, 0) is 22.8 Å². The maximum atomic E-state index is 13.3. The summed E-state index contributed by atoms with van der Waals surface area (Å²) in [5, 5.41) is 6.30. The van der Waals surface area contributed by atoms with Gasteiger partial charge in [-0.15, -0.1) is 0 Å². The van der Waals surface area contributed by atoms with Crippen LogP contribution in [0.5, 0.6) is 0 Å². The fraction of sp³-hybridized carbons (Fsp3) is 0.179. The average Bonchev–Trinajstić information content (AvgIpc) is 3.30. The van der Waals surface area contributed by atoms with Gasteiger partial charge in [0.2, 0.25) is 11.8 Å². The molecule has 0 spiro atoms. The van der Waals surface area contributed by atoms with E-state index in [9.17, 15) is 14.4 Å². The fourth-order valence-corrected chi connectivity index (χ4v) is 3.98. The van der Waals surface area contributed by atoms with E-state index in [1.165, 1.54) is 0 Å². The molecule has 4 aromatic rings. The standard InChI is InChI=1S/C28H28N4O4/c29-26(33)24(16-21-17-30-23-14-8-7-13-22(21)23)31-27(34)25(15-19-9-3-1-4-10-19)32-28(35)36-18-20-11-5-2-6-12-20/h1-14,17,24-25,30H,15-16,18H2,(H2,29,33)(H,31,34)(H,32,35)/t24-,25+/m0/s1. The molecule has 36 heavy (non-hydrogen) atoms. The Kier molecular flexibility index (Phi) is 7.97. The van der Waals surface area contributed by atoms with Crippen molar-refractivity contribution in [2.75, 3.05) is 0 Å². The van der Waals surface area contributed by atoms with E-state index in [0.29, 0.717) is 0 Å². The summed E-state index contributed by atoms with van der Waals surface area (Å²) in [7, 11) is 0. The van der Waals surface area contributed by atoms with Crippen molar-refractivity contribution in [2.24, 2.45) is 5.73 Å². The summed E-state index contributed by atoms with van der Waals surface area (Å²) < 4.78 is 5.31. The van der Waals surface area contributed by atoms with Gasteiger partial charge in [0.15, 0.2) is 0 Å². The van der Waals surface area contributed by atoms with Crippen LogP contribution in [0, 0.1) is 0 Å². The van der Waals surface area contributed by atoms with Crippen LogP contribution in [0.15, 0.2) is 91.1 Å². The Morgan fingerprint density at radius 2 is 1.42 bits per heavy atom. The minimum atomic E-state index is -0.972. The van der Waals surface area contributed by atoms with Crippen molar-refractivity contribution >= 4 is 28.8 Å². The van der Waals surface area contributed by atoms with Crippen molar-refractivity contribution < 1.29 is 19.1 Å². The zero-order chi connectivity index (χ0) is 25.3. The Morgan fingerprint density at radius 1 is 0.778 bits per heavy atom. The number of primary amides is 1. The number of aromatic amines is 1. The quantitative estimate of drug-likeness (QED) is 0.276. The summed E-state index contributed by atoms with van der Waals surface area (Å²) in [6.45, 7) is 0.0663. The molecule has 2 atom stereocenters. The van der Waals surface area contributed by atoms with Gasteiger partial charge in [0.05, 0.1) is 0 Å². The number of hydrogen-bond donors (Lipinski definition) is 4. The number of para-hydroxylation sites is 1. The van der Waals surface area contributed by atoms with Crippen molar-refractivity contribution in [3.63, 3.8) is 0 Å². The molecule has 0 aliphatic rings. The smallest absolute Gasteiger partial charge is 0.408 e. The molecular formula is C28H28N4O4.